The molecule has 0 aromatic carbocycles. The largest absolute Gasteiger partial charge is 0.376 e. The average molecular weight is 200 g/mol. The van der Waals surface area contributed by atoms with Crippen molar-refractivity contribution in [3.8, 4) is 0 Å². The van der Waals surface area contributed by atoms with Crippen LogP contribution in [0, 0.1) is 0 Å². The molecule has 0 saturated carbocycles. The molecule has 1 unspecified atom stereocenters. The summed E-state index contributed by atoms with van der Waals surface area (Å²) >= 11 is 0. The van der Waals surface area contributed by atoms with Crippen LogP contribution in [0.25, 0.3) is 0 Å². The molecule has 1 amide bonds. The number of ether oxygens (including phenoxy) is 1. The molecule has 0 bridgehead atoms. The first kappa shape index (κ1) is 11.5. The van der Waals surface area contributed by atoms with Crippen molar-refractivity contribution in [2.24, 2.45) is 5.73 Å². The van der Waals surface area contributed by atoms with E-state index in [1.54, 1.807) is 4.90 Å². The van der Waals surface area contributed by atoms with Gasteiger partial charge in [0.25, 0.3) is 0 Å². The van der Waals surface area contributed by atoms with Gasteiger partial charge >= 0.3 is 0 Å². The van der Waals surface area contributed by atoms with Crippen molar-refractivity contribution < 1.29 is 9.53 Å². The maximum absolute atomic E-state index is 11.5. The molecule has 1 aliphatic rings. The monoisotopic (exact) mass is 200 g/mol. The van der Waals surface area contributed by atoms with Crippen LogP contribution in [0.5, 0.6) is 0 Å². The van der Waals surface area contributed by atoms with Gasteiger partial charge < -0.3 is 15.4 Å². The van der Waals surface area contributed by atoms with E-state index in [1.165, 1.54) is 0 Å². The summed E-state index contributed by atoms with van der Waals surface area (Å²) < 4.78 is 5.46. The minimum absolute atomic E-state index is 0.172. The van der Waals surface area contributed by atoms with Crippen LogP contribution >= 0.6 is 0 Å². The number of carbonyl (C=O) groups excluding carboxylic acids is 1. The highest BCUT2D eigenvalue weighted by Gasteiger charge is 2.19. The van der Waals surface area contributed by atoms with E-state index in [2.05, 4.69) is 0 Å². The van der Waals surface area contributed by atoms with Crippen molar-refractivity contribution in [2.45, 2.75) is 31.8 Å². The number of likely N-dealkylation sites (N-methyl/N-ethyl adjacent to an activating group) is 1. The van der Waals surface area contributed by atoms with E-state index in [4.69, 9.17) is 10.5 Å². The van der Waals surface area contributed by atoms with Gasteiger partial charge in [-0.15, -0.1) is 0 Å². The lowest BCUT2D eigenvalue weighted by atomic mass is 10.2. The summed E-state index contributed by atoms with van der Waals surface area (Å²) in [6, 6.07) is 0. The Morgan fingerprint density at radius 1 is 1.64 bits per heavy atom. The topological polar surface area (TPSA) is 55.6 Å². The number of rotatable bonds is 5. The maximum Gasteiger partial charge on any atom is 0.222 e. The smallest absolute Gasteiger partial charge is 0.222 e. The predicted octanol–water partition coefficient (Wildman–Crippen LogP) is 0.363. The highest BCUT2D eigenvalue weighted by molar-refractivity contribution is 5.75. The molecule has 1 heterocycles. The number of hydrogen-bond donors (Lipinski definition) is 1. The molecule has 0 aromatic heterocycles. The molecule has 1 saturated heterocycles. The quantitative estimate of drug-likeness (QED) is 0.697. The van der Waals surface area contributed by atoms with Crippen molar-refractivity contribution in [1.29, 1.82) is 0 Å². The number of amides is 1. The fourth-order valence-corrected chi connectivity index (χ4v) is 1.64. The van der Waals surface area contributed by atoms with E-state index in [0.717, 1.165) is 32.4 Å². The summed E-state index contributed by atoms with van der Waals surface area (Å²) in [5.74, 6) is 0.172. The molecule has 0 radical (unpaired) electrons. The summed E-state index contributed by atoms with van der Waals surface area (Å²) in [7, 11) is 1.83. The third kappa shape index (κ3) is 3.64. The second kappa shape index (κ2) is 5.98. The zero-order valence-electron chi connectivity index (χ0n) is 8.87. The van der Waals surface area contributed by atoms with Crippen LogP contribution in [-0.2, 0) is 9.53 Å². The van der Waals surface area contributed by atoms with Crippen molar-refractivity contribution in [3.05, 3.63) is 0 Å². The molecule has 1 atom stereocenters. The second-order valence-corrected chi connectivity index (χ2v) is 3.80. The molecule has 1 aliphatic heterocycles. The minimum atomic E-state index is 0.172. The van der Waals surface area contributed by atoms with Gasteiger partial charge in [-0.3, -0.25) is 4.79 Å². The van der Waals surface area contributed by atoms with Crippen molar-refractivity contribution in [1.82, 2.24) is 4.90 Å². The molecule has 0 aliphatic carbocycles. The van der Waals surface area contributed by atoms with E-state index in [-0.39, 0.29) is 12.0 Å². The normalized spacial score (nSPS) is 21.1. The highest BCUT2D eigenvalue weighted by Crippen LogP contribution is 2.13. The van der Waals surface area contributed by atoms with Gasteiger partial charge in [-0.25, -0.2) is 0 Å². The Labute approximate surface area is 85.4 Å². The number of nitrogens with two attached hydrogens (primary N) is 1. The molecule has 82 valence electrons. The summed E-state index contributed by atoms with van der Waals surface area (Å²) in [5.41, 5.74) is 5.35. The van der Waals surface area contributed by atoms with Crippen LogP contribution in [0.2, 0.25) is 0 Å². The summed E-state index contributed by atoms with van der Waals surface area (Å²) in [6.45, 7) is 2.15. The van der Waals surface area contributed by atoms with Gasteiger partial charge in [-0.2, -0.15) is 0 Å². The van der Waals surface area contributed by atoms with Crippen molar-refractivity contribution in [3.63, 3.8) is 0 Å². The van der Waals surface area contributed by atoms with E-state index >= 15 is 0 Å². The van der Waals surface area contributed by atoms with Gasteiger partial charge in [-0.05, 0) is 25.8 Å². The maximum atomic E-state index is 11.5. The predicted molar refractivity (Wildman–Crippen MR) is 54.9 cm³/mol. The van der Waals surface area contributed by atoms with E-state index in [1.807, 2.05) is 7.05 Å². The Kier molecular flexibility index (Phi) is 4.90. The standard InChI is InChI=1S/C10H20N2O2/c1-12(10(13)5-2-6-11)8-9-4-3-7-14-9/h9H,2-8,11H2,1H3. The van der Waals surface area contributed by atoms with Crippen LogP contribution in [-0.4, -0.2) is 43.7 Å². The van der Waals surface area contributed by atoms with Crippen LogP contribution in [0.1, 0.15) is 25.7 Å². The fraction of sp³-hybridized carbons (Fsp3) is 0.900. The van der Waals surface area contributed by atoms with E-state index in [0.29, 0.717) is 13.0 Å². The first-order valence-electron chi connectivity index (χ1n) is 5.29. The lowest BCUT2D eigenvalue weighted by molar-refractivity contribution is -0.131. The van der Waals surface area contributed by atoms with Gasteiger partial charge in [-0.1, -0.05) is 0 Å². The first-order valence-corrected chi connectivity index (χ1v) is 5.29. The van der Waals surface area contributed by atoms with Gasteiger partial charge in [0.15, 0.2) is 0 Å². The summed E-state index contributed by atoms with van der Waals surface area (Å²) in [5, 5.41) is 0. The van der Waals surface area contributed by atoms with Crippen LogP contribution in [0.15, 0.2) is 0 Å². The van der Waals surface area contributed by atoms with E-state index in [9.17, 15) is 4.79 Å². The Balaban J connectivity index is 2.18. The molecule has 14 heavy (non-hydrogen) atoms. The molecule has 4 heteroatoms. The van der Waals surface area contributed by atoms with Crippen LogP contribution in [0.3, 0.4) is 0 Å². The summed E-state index contributed by atoms with van der Waals surface area (Å²) in [6.07, 6.45) is 3.78. The third-order valence-electron chi connectivity index (χ3n) is 2.52. The SMILES string of the molecule is CN(CC1CCCO1)C(=O)CCCN. The average Bonchev–Trinajstić information content (AvgIpc) is 2.66. The van der Waals surface area contributed by atoms with Crippen LogP contribution < -0.4 is 5.73 Å². The molecule has 0 spiro atoms. The zero-order valence-corrected chi connectivity index (χ0v) is 8.87. The minimum Gasteiger partial charge on any atom is -0.376 e. The fourth-order valence-electron chi connectivity index (χ4n) is 1.64. The first-order chi connectivity index (χ1) is 6.74. The number of carbonyl (C=O) groups is 1. The lowest BCUT2D eigenvalue weighted by Crippen LogP contribution is -2.34. The van der Waals surface area contributed by atoms with Crippen LogP contribution in [0.4, 0.5) is 0 Å². The van der Waals surface area contributed by atoms with Gasteiger partial charge in [0.2, 0.25) is 5.91 Å². The molecular formula is C10H20N2O2. The van der Waals surface area contributed by atoms with Gasteiger partial charge in [0, 0.05) is 26.6 Å². The Hall–Kier alpha value is -0.610. The Morgan fingerprint density at radius 2 is 2.43 bits per heavy atom. The molecule has 2 N–H and O–H groups in total. The molecule has 0 aromatic rings. The van der Waals surface area contributed by atoms with Gasteiger partial charge in [0.05, 0.1) is 6.10 Å². The van der Waals surface area contributed by atoms with E-state index < -0.39 is 0 Å². The number of nitrogens with zero attached hydrogens (tertiary/aromatic N) is 1. The van der Waals surface area contributed by atoms with Crippen molar-refractivity contribution >= 4 is 5.91 Å². The highest BCUT2D eigenvalue weighted by atomic mass is 16.5. The second-order valence-electron chi connectivity index (χ2n) is 3.80. The number of hydrogen-bond acceptors (Lipinski definition) is 3. The lowest BCUT2D eigenvalue weighted by Gasteiger charge is -2.20. The Bertz CT molecular complexity index is 179. The zero-order chi connectivity index (χ0) is 10.4. The Morgan fingerprint density at radius 3 is 3.00 bits per heavy atom. The molecule has 4 nitrogen and oxygen atoms in total. The van der Waals surface area contributed by atoms with Crippen molar-refractivity contribution in [2.75, 3.05) is 26.7 Å². The molecule has 1 fully saturated rings. The molecular weight excluding hydrogens is 180 g/mol. The molecule has 1 rings (SSSR count). The van der Waals surface area contributed by atoms with Gasteiger partial charge in [0.1, 0.15) is 0 Å². The third-order valence-corrected chi connectivity index (χ3v) is 2.52. The summed E-state index contributed by atoms with van der Waals surface area (Å²) in [4.78, 5) is 13.3.